The zero-order chi connectivity index (χ0) is 15.4. The van der Waals surface area contributed by atoms with E-state index in [1.807, 2.05) is 30.3 Å². The van der Waals surface area contributed by atoms with E-state index < -0.39 is 0 Å². The predicted octanol–water partition coefficient (Wildman–Crippen LogP) is 2.69. The average Bonchev–Trinajstić information content (AvgIpc) is 2.57. The molecule has 0 saturated carbocycles. The van der Waals surface area contributed by atoms with Crippen molar-refractivity contribution in [2.24, 2.45) is 0 Å². The van der Waals surface area contributed by atoms with Crippen LogP contribution in [0.15, 0.2) is 71.8 Å². The van der Waals surface area contributed by atoms with Gasteiger partial charge in [-0.15, -0.1) is 0 Å². The molecule has 1 amide bonds. The van der Waals surface area contributed by atoms with Crippen molar-refractivity contribution in [3.05, 3.63) is 82.9 Å². The maximum absolute atomic E-state index is 12.0. The molecule has 5 heteroatoms. The second-order valence-corrected chi connectivity index (χ2v) is 4.69. The maximum atomic E-state index is 12.0. The first-order valence-corrected chi connectivity index (χ1v) is 6.74. The Morgan fingerprint density at radius 1 is 1.00 bits per heavy atom. The molecule has 0 unspecified atom stereocenters. The van der Waals surface area contributed by atoms with Gasteiger partial charge in [-0.2, -0.15) is 0 Å². The van der Waals surface area contributed by atoms with E-state index in [1.54, 1.807) is 30.5 Å². The molecule has 22 heavy (non-hydrogen) atoms. The number of carbonyl (C=O) groups excluding carboxylic acids is 1. The summed E-state index contributed by atoms with van der Waals surface area (Å²) in [6, 6.07) is 16.3. The Morgan fingerprint density at radius 3 is 2.36 bits per heavy atom. The minimum Gasteiger partial charge on any atom is -0.326 e. The van der Waals surface area contributed by atoms with Crippen molar-refractivity contribution >= 4 is 11.6 Å². The van der Waals surface area contributed by atoms with Crippen molar-refractivity contribution in [2.45, 2.75) is 0 Å². The lowest BCUT2D eigenvalue weighted by Crippen LogP contribution is -2.11. The highest BCUT2D eigenvalue weighted by Gasteiger charge is 2.05. The fourth-order valence-electron chi connectivity index (χ4n) is 2.02. The standard InChI is InChI=1S/C17H13N3O2/c21-16-11-18-15(10-19-16)12-6-8-14(9-7-12)20-17(22)13-4-2-1-3-5-13/h1-11H,(H,19,21)(H,20,22). The third-order valence-corrected chi connectivity index (χ3v) is 3.15. The van der Waals surface area contributed by atoms with Gasteiger partial charge in [-0.25, -0.2) is 4.98 Å². The van der Waals surface area contributed by atoms with E-state index in [0.29, 0.717) is 16.9 Å². The molecule has 0 aliphatic heterocycles. The summed E-state index contributed by atoms with van der Waals surface area (Å²) >= 11 is 0. The van der Waals surface area contributed by atoms with Crippen molar-refractivity contribution in [3.8, 4) is 11.3 Å². The number of benzene rings is 2. The molecule has 0 aliphatic carbocycles. The number of rotatable bonds is 3. The first-order chi connectivity index (χ1) is 10.7. The monoisotopic (exact) mass is 291 g/mol. The lowest BCUT2D eigenvalue weighted by Gasteiger charge is -2.06. The number of hydrogen-bond donors (Lipinski definition) is 2. The van der Waals surface area contributed by atoms with Crippen LogP contribution in [0.3, 0.4) is 0 Å². The zero-order valence-electron chi connectivity index (χ0n) is 11.6. The number of aromatic amines is 1. The van der Waals surface area contributed by atoms with E-state index in [1.165, 1.54) is 6.20 Å². The van der Waals surface area contributed by atoms with Crippen molar-refractivity contribution < 1.29 is 4.79 Å². The number of nitrogens with zero attached hydrogens (tertiary/aromatic N) is 1. The first kappa shape index (κ1) is 13.8. The number of amides is 1. The van der Waals surface area contributed by atoms with Crippen molar-refractivity contribution in [3.63, 3.8) is 0 Å². The van der Waals surface area contributed by atoms with Gasteiger partial charge in [0.15, 0.2) is 0 Å². The van der Waals surface area contributed by atoms with Gasteiger partial charge in [-0.3, -0.25) is 9.59 Å². The Labute approximate surface area is 126 Å². The van der Waals surface area contributed by atoms with E-state index in [4.69, 9.17) is 0 Å². The van der Waals surface area contributed by atoms with Gasteiger partial charge in [0, 0.05) is 23.0 Å². The van der Waals surface area contributed by atoms with Gasteiger partial charge in [-0.05, 0) is 24.3 Å². The topological polar surface area (TPSA) is 74.8 Å². The highest BCUT2D eigenvalue weighted by molar-refractivity contribution is 6.04. The van der Waals surface area contributed by atoms with Gasteiger partial charge in [0.1, 0.15) is 0 Å². The molecule has 0 spiro atoms. The Bertz CT molecular complexity index is 819. The summed E-state index contributed by atoms with van der Waals surface area (Å²) in [5.74, 6) is -0.157. The first-order valence-electron chi connectivity index (χ1n) is 6.74. The highest BCUT2D eigenvalue weighted by atomic mass is 16.1. The molecular weight excluding hydrogens is 278 g/mol. The molecule has 2 N–H and O–H groups in total. The molecule has 0 atom stereocenters. The smallest absolute Gasteiger partial charge is 0.266 e. The minimum atomic E-state index is -0.240. The lowest BCUT2D eigenvalue weighted by molar-refractivity contribution is 0.102. The third kappa shape index (κ3) is 3.09. The minimum absolute atomic E-state index is 0.157. The molecule has 0 aliphatic rings. The normalized spacial score (nSPS) is 10.2. The number of hydrogen-bond acceptors (Lipinski definition) is 3. The third-order valence-electron chi connectivity index (χ3n) is 3.15. The van der Waals surface area contributed by atoms with Crippen molar-refractivity contribution in [1.82, 2.24) is 9.97 Å². The largest absolute Gasteiger partial charge is 0.326 e. The van der Waals surface area contributed by atoms with Gasteiger partial charge in [-0.1, -0.05) is 30.3 Å². The molecule has 3 aromatic rings. The zero-order valence-corrected chi connectivity index (χ0v) is 11.6. The van der Waals surface area contributed by atoms with E-state index >= 15 is 0 Å². The summed E-state index contributed by atoms with van der Waals surface area (Å²) < 4.78 is 0. The SMILES string of the molecule is O=C(Nc1ccc(-c2c[nH]c(=O)cn2)cc1)c1ccccc1. The molecule has 5 nitrogen and oxygen atoms in total. The van der Waals surface area contributed by atoms with Gasteiger partial charge in [0.2, 0.25) is 0 Å². The fraction of sp³-hybridized carbons (Fsp3) is 0. The summed E-state index contributed by atoms with van der Waals surface area (Å²) in [7, 11) is 0. The number of aromatic nitrogens is 2. The lowest BCUT2D eigenvalue weighted by atomic mass is 10.1. The van der Waals surface area contributed by atoms with Crippen LogP contribution in [-0.4, -0.2) is 15.9 Å². The Morgan fingerprint density at radius 2 is 1.73 bits per heavy atom. The second kappa shape index (κ2) is 6.05. The van der Waals surface area contributed by atoms with Crippen LogP contribution in [0.25, 0.3) is 11.3 Å². The van der Waals surface area contributed by atoms with E-state index in [-0.39, 0.29) is 11.5 Å². The highest BCUT2D eigenvalue weighted by Crippen LogP contribution is 2.18. The number of carbonyl (C=O) groups is 1. The number of nitrogens with one attached hydrogen (secondary N) is 2. The fourth-order valence-corrected chi connectivity index (χ4v) is 2.02. The molecule has 0 bridgehead atoms. The quantitative estimate of drug-likeness (QED) is 0.779. The molecule has 2 aromatic carbocycles. The molecule has 1 aromatic heterocycles. The maximum Gasteiger partial charge on any atom is 0.266 e. The summed E-state index contributed by atoms with van der Waals surface area (Å²) in [6.45, 7) is 0. The van der Waals surface area contributed by atoms with E-state index in [0.717, 1.165) is 5.56 Å². The molecular formula is C17H13N3O2. The van der Waals surface area contributed by atoms with Gasteiger partial charge in [0.05, 0.1) is 11.9 Å². The average molecular weight is 291 g/mol. The molecule has 1 heterocycles. The second-order valence-electron chi connectivity index (χ2n) is 4.69. The summed E-state index contributed by atoms with van der Waals surface area (Å²) in [4.78, 5) is 29.7. The molecule has 0 radical (unpaired) electrons. The molecule has 0 saturated heterocycles. The Hall–Kier alpha value is -3.21. The van der Waals surface area contributed by atoms with Gasteiger partial charge in [0.25, 0.3) is 11.5 Å². The van der Waals surface area contributed by atoms with Crippen LogP contribution in [-0.2, 0) is 0 Å². The number of anilines is 1. The molecule has 108 valence electrons. The van der Waals surface area contributed by atoms with Crippen LogP contribution in [0.5, 0.6) is 0 Å². The molecule has 0 fully saturated rings. The van der Waals surface area contributed by atoms with Gasteiger partial charge >= 0.3 is 0 Å². The predicted molar refractivity (Wildman–Crippen MR) is 84.7 cm³/mol. The van der Waals surface area contributed by atoms with Crippen molar-refractivity contribution in [2.75, 3.05) is 5.32 Å². The summed E-state index contributed by atoms with van der Waals surface area (Å²) in [5.41, 5.74) is 2.58. The Kier molecular flexibility index (Phi) is 3.78. The van der Waals surface area contributed by atoms with Gasteiger partial charge < -0.3 is 10.3 Å². The van der Waals surface area contributed by atoms with Crippen molar-refractivity contribution in [1.29, 1.82) is 0 Å². The molecule has 3 rings (SSSR count). The Balaban J connectivity index is 1.76. The van der Waals surface area contributed by atoms with E-state index in [2.05, 4.69) is 15.3 Å². The van der Waals surface area contributed by atoms with Crippen LogP contribution in [0.1, 0.15) is 10.4 Å². The summed E-state index contributed by atoms with van der Waals surface area (Å²) in [6.07, 6.45) is 2.79. The van der Waals surface area contributed by atoms with E-state index in [9.17, 15) is 9.59 Å². The summed E-state index contributed by atoms with van der Waals surface area (Å²) in [5, 5.41) is 2.83. The van der Waals surface area contributed by atoms with Crippen LogP contribution < -0.4 is 10.9 Å². The number of H-pyrrole nitrogens is 1. The van der Waals surface area contributed by atoms with Crippen LogP contribution >= 0.6 is 0 Å². The van der Waals surface area contributed by atoms with Crippen LogP contribution in [0.4, 0.5) is 5.69 Å². The van der Waals surface area contributed by atoms with Crippen LogP contribution in [0.2, 0.25) is 0 Å². The van der Waals surface area contributed by atoms with Crippen LogP contribution in [0, 0.1) is 0 Å².